The summed E-state index contributed by atoms with van der Waals surface area (Å²) in [5.74, 6) is -2.52. The highest BCUT2D eigenvalue weighted by molar-refractivity contribution is 5.91. The fourth-order valence-electron chi connectivity index (χ4n) is 3.13. The van der Waals surface area contributed by atoms with Crippen LogP contribution in [0.15, 0.2) is 34.7 Å². The van der Waals surface area contributed by atoms with Crippen molar-refractivity contribution >= 4 is 11.8 Å². The van der Waals surface area contributed by atoms with Gasteiger partial charge in [-0.1, -0.05) is 0 Å². The topological polar surface area (TPSA) is 123 Å². The van der Waals surface area contributed by atoms with E-state index in [0.29, 0.717) is 44.2 Å². The summed E-state index contributed by atoms with van der Waals surface area (Å²) in [6, 6.07) is 5.80. The zero-order valence-corrected chi connectivity index (χ0v) is 15.4. The third-order valence-electron chi connectivity index (χ3n) is 4.69. The van der Waals surface area contributed by atoms with Gasteiger partial charge in [-0.15, -0.1) is 5.10 Å². The molecule has 0 saturated carbocycles. The molecule has 1 saturated heterocycles. The van der Waals surface area contributed by atoms with Crippen LogP contribution in [0.1, 0.15) is 16.4 Å². The highest BCUT2D eigenvalue weighted by atomic mass is 19.2. The summed E-state index contributed by atoms with van der Waals surface area (Å²) in [6.45, 7) is 2.08. The molecule has 13 heteroatoms. The maximum atomic E-state index is 13.5. The number of amides is 1. The van der Waals surface area contributed by atoms with Gasteiger partial charge in [-0.3, -0.25) is 19.8 Å². The van der Waals surface area contributed by atoms with Gasteiger partial charge in [0.2, 0.25) is 0 Å². The van der Waals surface area contributed by atoms with Gasteiger partial charge in [-0.2, -0.15) is 4.68 Å². The zero-order chi connectivity index (χ0) is 21.3. The molecule has 0 radical (unpaired) electrons. The van der Waals surface area contributed by atoms with Crippen LogP contribution in [0.5, 0.6) is 0 Å². The largest absolute Gasteiger partial charge is 0.433 e. The van der Waals surface area contributed by atoms with Gasteiger partial charge in [0.05, 0.1) is 18.3 Å². The van der Waals surface area contributed by atoms with Crippen LogP contribution in [-0.2, 0) is 6.54 Å². The number of aromatic nitrogens is 4. The first kappa shape index (κ1) is 19.6. The van der Waals surface area contributed by atoms with Gasteiger partial charge in [-0.05, 0) is 28.6 Å². The Morgan fingerprint density at radius 3 is 2.57 bits per heavy atom. The van der Waals surface area contributed by atoms with Crippen LogP contribution < -0.4 is 0 Å². The summed E-state index contributed by atoms with van der Waals surface area (Å²) in [5, 5.41) is 22.1. The Morgan fingerprint density at radius 2 is 1.90 bits per heavy atom. The Kier molecular flexibility index (Phi) is 5.18. The molecule has 1 aromatic carbocycles. The third-order valence-corrected chi connectivity index (χ3v) is 4.69. The van der Waals surface area contributed by atoms with E-state index in [1.54, 1.807) is 0 Å². The van der Waals surface area contributed by atoms with Crippen molar-refractivity contribution in [2.45, 2.75) is 6.54 Å². The molecular weight excluding hydrogens is 404 g/mol. The molecule has 30 heavy (non-hydrogen) atoms. The van der Waals surface area contributed by atoms with Crippen molar-refractivity contribution in [2.75, 3.05) is 26.2 Å². The molecule has 1 aliphatic rings. The minimum absolute atomic E-state index is 0.0857. The minimum atomic E-state index is -1.00. The van der Waals surface area contributed by atoms with E-state index in [2.05, 4.69) is 15.5 Å². The van der Waals surface area contributed by atoms with Crippen molar-refractivity contribution in [3.63, 3.8) is 0 Å². The maximum Gasteiger partial charge on any atom is 0.433 e. The molecule has 3 heterocycles. The second-order valence-electron chi connectivity index (χ2n) is 6.57. The number of nitro groups is 1. The van der Waals surface area contributed by atoms with E-state index in [1.807, 2.05) is 4.90 Å². The van der Waals surface area contributed by atoms with E-state index in [4.69, 9.17) is 4.42 Å². The van der Waals surface area contributed by atoms with Crippen molar-refractivity contribution in [2.24, 2.45) is 0 Å². The SMILES string of the molecule is O=C(c1ccc([N+](=O)[O-])o1)N1CCN(Cc2nnnn2-c2ccc(F)c(F)c2)CC1. The second-order valence-corrected chi connectivity index (χ2v) is 6.57. The number of carbonyl (C=O) groups is 1. The molecule has 1 amide bonds. The van der Waals surface area contributed by atoms with Gasteiger partial charge in [0, 0.05) is 32.2 Å². The minimum Gasteiger partial charge on any atom is -0.395 e. The number of benzene rings is 1. The summed E-state index contributed by atoms with van der Waals surface area (Å²) in [4.78, 5) is 26.0. The predicted octanol–water partition coefficient (Wildman–Crippen LogP) is 1.40. The molecule has 4 rings (SSSR count). The van der Waals surface area contributed by atoms with Gasteiger partial charge in [0.15, 0.2) is 23.2 Å². The molecule has 0 unspecified atom stereocenters. The number of halogens is 2. The van der Waals surface area contributed by atoms with Gasteiger partial charge in [0.25, 0.3) is 5.91 Å². The summed E-state index contributed by atoms with van der Waals surface area (Å²) >= 11 is 0. The van der Waals surface area contributed by atoms with Crippen molar-refractivity contribution in [1.82, 2.24) is 30.0 Å². The number of hydrogen-bond donors (Lipinski definition) is 0. The number of furan rings is 1. The van der Waals surface area contributed by atoms with Gasteiger partial charge >= 0.3 is 5.88 Å². The van der Waals surface area contributed by atoms with Crippen LogP contribution >= 0.6 is 0 Å². The first-order chi connectivity index (χ1) is 14.4. The smallest absolute Gasteiger partial charge is 0.395 e. The zero-order valence-electron chi connectivity index (χ0n) is 15.4. The monoisotopic (exact) mass is 419 g/mol. The number of rotatable bonds is 5. The van der Waals surface area contributed by atoms with Gasteiger partial charge in [0.1, 0.15) is 4.92 Å². The van der Waals surface area contributed by atoms with Gasteiger partial charge in [-0.25, -0.2) is 8.78 Å². The normalized spacial score (nSPS) is 14.8. The van der Waals surface area contributed by atoms with E-state index in [9.17, 15) is 23.7 Å². The average molecular weight is 419 g/mol. The molecule has 11 nitrogen and oxygen atoms in total. The first-order valence-corrected chi connectivity index (χ1v) is 8.91. The maximum absolute atomic E-state index is 13.5. The fraction of sp³-hybridized carbons (Fsp3) is 0.294. The molecule has 0 atom stereocenters. The number of piperazine rings is 1. The predicted molar refractivity (Wildman–Crippen MR) is 95.6 cm³/mol. The molecule has 2 aromatic heterocycles. The Bertz CT molecular complexity index is 1090. The number of tetrazole rings is 1. The quantitative estimate of drug-likeness (QED) is 0.449. The molecule has 1 fully saturated rings. The van der Waals surface area contributed by atoms with Crippen molar-refractivity contribution in [3.05, 3.63) is 63.7 Å². The Labute approximate surface area is 167 Å². The molecule has 0 bridgehead atoms. The molecule has 3 aromatic rings. The highest BCUT2D eigenvalue weighted by Crippen LogP contribution is 2.19. The van der Waals surface area contributed by atoms with E-state index in [1.165, 1.54) is 21.7 Å². The van der Waals surface area contributed by atoms with Crippen LogP contribution in [0, 0.1) is 21.7 Å². The van der Waals surface area contributed by atoms with E-state index in [0.717, 1.165) is 18.2 Å². The van der Waals surface area contributed by atoms with Crippen molar-refractivity contribution in [1.29, 1.82) is 0 Å². The number of carbonyl (C=O) groups excluding carboxylic acids is 1. The van der Waals surface area contributed by atoms with Crippen LogP contribution in [0.4, 0.5) is 14.7 Å². The molecule has 0 N–H and O–H groups in total. The van der Waals surface area contributed by atoms with Crippen LogP contribution in [0.3, 0.4) is 0 Å². The average Bonchev–Trinajstić information content (AvgIpc) is 3.40. The third kappa shape index (κ3) is 3.87. The summed E-state index contributed by atoms with van der Waals surface area (Å²) in [7, 11) is 0. The van der Waals surface area contributed by atoms with Crippen LogP contribution in [0.2, 0.25) is 0 Å². The molecule has 156 valence electrons. The first-order valence-electron chi connectivity index (χ1n) is 8.91. The molecule has 0 aliphatic carbocycles. The van der Waals surface area contributed by atoms with Gasteiger partial charge < -0.3 is 9.32 Å². The Morgan fingerprint density at radius 1 is 1.13 bits per heavy atom. The summed E-state index contributed by atoms with van der Waals surface area (Å²) in [6.07, 6.45) is 0. The Hall–Kier alpha value is -3.74. The highest BCUT2D eigenvalue weighted by Gasteiger charge is 2.27. The molecular formula is C17H15F2N7O4. The summed E-state index contributed by atoms with van der Waals surface area (Å²) in [5.41, 5.74) is 0.294. The van der Waals surface area contributed by atoms with Crippen LogP contribution in [0.25, 0.3) is 5.69 Å². The lowest BCUT2D eigenvalue weighted by Gasteiger charge is -2.33. The standard InChI is InChI=1S/C17H15F2N7O4/c18-12-2-1-11(9-13(12)19)25-15(20-21-22-25)10-23-5-7-24(8-6-23)17(27)14-3-4-16(30-14)26(28)29/h1-4,9H,5-8,10H2. The van der Waals surface area contributed by atoms with E-state index >= 15 is 0 Å². The number of hydrogen-bond acceptors (Lipinski definition) is 8. The van der Waals surface area contributed by atoms with E-state index in [-0.39, 0.29) is 5.76 Å². The lowest BCUT2D eigenvalue weighted by Crippen LogP contribution is -2.48. The second kappa shape index (κ2) is 7.94. The number of nitrogens with zero attached hydrogens (tertiary/aromatic N) is 7. The van der Waals surface area contributed by atoms with Crippen LogP contribution in [-0.4, -0.2) is 67.0 Å². The summed E-state index contributed by atoms with van der Waals surface area (Å²) < 4.78 is 33.0. The lowest BCUT2D eigenvalue weighted by atomic mass is 10.2. The van der Waals surface area contributed by atoms with E-state index < -0.39 is 28.3 Å². The fourth-order valence-corrected chi connectivity index (χ4v) is 3.13. The van der Waals surface area contributed by atoms with Crippen molar-refractivity contribution in [3.8, 4) is 5.69 Å². The Balaban J connectivity index is 1.38. The van der Waals surface area contributed by atoms with Crippen molar-refractivity contribution < 1.29 is 22.9 Å². The molecule has 1 aliphatic heterocycles. The lowest BCUT2D eigenvalue weighted by molar-refractivity contribution is -0.402. The molecule has 0 spiro atoms.